The van der Waals surface area contributed by atoms with Crippen molar-refractivity contribution >= 4 is 49.2 Å². The third-order valence-corrected chi connectivity index (χ3v) is 3.75. The number of benzene rings is 1. The van der Waals surface area contributed by atoms with Gasteiger partial charge in [-0.3, -0.25) is 0 Å². The molecule has 0 atom stereocenters. The number of aromatic nitrogens is 2. The van der Waals surface area contributed by atoms with Crippen molar-refractivity contribution in [3.05, 3.63) is 39.0 Å². The lowest BCUT2D eigenvalue weighted by atomic mass is 10.3. The Balaban J connectivity index is 2.29. The van der Waals surface area contributed by atoms with Crippen molar-refractivity contribution in [3.63, 3.8) is 0 Å². The molecule has 0 spiro atoms. The second-order valence-electron chi connectivity index (χ2n) is 4.27. The lowest BCUT2D eigenvalue weighted by molar-refractivity contribution is 0.178. The van der Waals surface area contributed by atoms with Gasteiger partial charge in [0.25, 0.3) is 0 Å². The molecule has 2 rings (SSSR count). The molecule has 0 amide bonds. The summed E-state index contributed by atoms with van der Waals surface area (Å²) in [4.78, 5) is 8.83. The molecule has 0 aliphatic rings. The minimum Gasteiger partial charge on any atom is -0.377 e. The number of anilines is 3. The monoisotopic (exact) mass is 414 g/mol. The van der Waals surface area contributed by atoms with Crippen molar-refractivity contribution in [2.45, 2.75) is 13.5 Å². The molecule has 0 aliphatic heterocycles. The van der Waals surface area contributed by atoms with E-state index in [2.05, 4.69) is 52.5 Å². The van der Waals surface area contributed by atoms with Crippen molar-refractivity contribution in [1.82, 2.24) is 9.97 Å². The first kappa shape index (κ1) is 16.2. The number of hydrogen-bond donors (Lipinski definition) is 2. The van der Waals surface area contributed by atoms with Gasteiger partial charge < -0.3 is 15.4 Å². The highest BCUT2D eigenvalue weighted by Crippen LogP contribution is 2.28. The normalized spacial score (nSPS) is 10.5. The molecule has 7 heteroatoms. The summed E-state index contributed by atoms with van der Waals surface area (Å²) in [5, 5.41) is 6.47. The zero-order chi connectivity index (χ0) is 15.2. The van der Waals surface area contributed by atoms with Gasteiger partial charge in [-0.2, -0.15) is 0 Å². The number of hydrogen-bond acceptors (Lipinski definition) is 5. The summed E-state index contributed by atoms with van der Waals surface area (Å²) in [6.45, 7) is 3.19. The van der Waals surface area contributed by atoms with E-state index in [1.54, 1.807) is 7.11 Å². The summed E-state index contributed by atoms with van der Waals surface area (Å²) in [6, 6.07) is 7.79. The van der Waals surface area contributed by atoms with E-state index in [4.69, 9.17) is 4.74 Å². The molecule has 1 aromatic carbocycles. The van der Waals surface area contributed by atoms with Crippen molar-refractivity contribution in [1.29, 1.82) is 0 Å². The zero-order valence-electron chi connectivity index (χ0n) is 11.8. The predicted molar refractivity (Wildman–Crippen MR) is 92.0 cm³/mol. The van der Waals surface area contributed by atoms with Crippen LogP contribution in [0.5, 0.6) is 0 Å². The van der Waals surface area contributed by atoms with Crippen molar-refractivity contribution in [2.24, 2.45) is 0 Å². The Kier molecular flexibility index (Phi) is 5.96. The van der Waals surface area contributed by atoms with Crippen LogP contribution in [0.15, 0.2) is 33.2 Å². The predicted octanol–water partition coefficient (Wildman–Crippen LogP) is 4.32. The summed E-state index contributed by atoms with van der Waals surface area (Å²) >= 11 is 6.96. The standard InChI is InChI=1S/C14H16Br2N4O/c1-3-17-12-7-13(20-14(19-12)8-21-2)18-11-5-4-9(15)6-10(11)16/h4-7H,3,8H2,1-2H3,(H2,17,18,19,20). The minimum atomic E-state index is 0.370. The highest BCUT2D eigenvalue weighted by atomic mass is 79.9. The second-order valence-corrected chi connectivity index (χ2v) is 6.04. The summed E-state index contributed by atoms with van der Waals surface area (Å²) in [5.41, 5.74) is 0.933. The van der Waals surface area contributed by atoms with Gasteiger partial charge in [0.05, 0.1) is 5.69 Å². The minimum absolute atomic E-state index is 0.370. The Morgan fingerprint density at radius 3 is 2.57 bits per heavy atom. The molecule has 0 saturated heterocycles. The van der Waals surface area contributed by atoms with E-state index in [0.29, 0.717) is 12.4 Å². The van der Waals surface area contributed by atoms with Gasteiger partial charge in [0.2, 0.25) is 0 Å². The van der Waals surface area contributed by atoms with Gasteiger partial charge in [0.1, 0.15) is 18.2 Å². The first-order valence-corrected chi connectivity index (χ1v) is 8.03. The molecule has 21 heavy (non-hydrogen) atoms. The van der Waals surface area contributed by atoms with Gasteiger partial charge in [-0.05, 0) is 41.1 Å². The number of methoxy groups -OCH3 is 1. The van der Waals surface area contributed by atoms with Gasteiger partial charge in [-0.1, -0.05) is 15.9 Å². The van der Waals surface area contributed by atoms with Crippen molar-refractivity contribution in [3.8, 4) is 0 Å². The van der Waals surface area contributed by atoms with E-state index in [0.717, 1.165) is 32.8 Å². The van der Waals surface area contributed by atoms with E-state index < -0.39 is 0 Å². The number of ether oxygens (including phenoxy) is 1. The summed E-state index contributed by atoms with van der Waals surface area (Å²) in [5.74, 6) is 2.12. The highest BCUT2D eigenvalue weighted by molar-refractivity contribution is 9.11. The first-order chi connectivity index (χ1) is 10.1. The Bertz CT molecular complexity index is 598. The van der Waals surface area contributed by atoms with E-state index in [-0.39, 0.29) is 0 Å². The van der Waals surface area contributed by atoms with Gasteiger partial charge >= 0.3 is 0 Å². The van der Waals surface area contributed by atoms with Crippen LogP contribution in [0.3, 0.4) is 0 Å². The van der Waals surface area contributed by atoms with E-state index in [9.17, 15) is 0 Å². The fraction of sp³-hybridized carbons (Fsp3) is 0.286. The zero-order valence-corrected chi connectivity index (χ0v) is 15.0. The van der Waals surface area contributed by atoms with Crippen LogP contribution >= 0.6 is 31.9 Å². The average Bonchev–Trinajstić information content (AvgIpc) is 2.42. The summed E-state index contributed by atoms with van der Waals surface area (Å²) in [7, 11) is 1.63. The van der Waals surface area contributed by atoms with Gasteiger partial charge in [-0.15, -0.1) is 0 Å². The number of nitrogens with one attached hydrogen (secondary N) is 2. The van der Waals surface area contributed by atoms with Crippen LogP contribution < -0.4 is 10.6 Å². The number of halogens is 2. The SMILES string of the molecule is CCNc1cc(Nc2ccc(Br)cc2Br)nc(COC)n1. The molecular formula is C14H16Br2N4O. The molecule has 2 N–H and O–H groups in total. The Labute approximate surface area is 140 Å². The largest absolute Gasteiger partial charge is 0.377 e. The average molecular weight is 416 g/mol. The van der Waals surface area contributed by atoms with Crippen molar-refractivity contribution in [2.75, 3.05) is 24.3 Å². The Morgan fingerprint density at radius 2 is 1.90 bits per heavy atom. The molecule has 0 saturated carbocycles. The maximum atomic E-state index is 5.11. The lowest BCUT2D eigenvalue weighted by Crippen LogP contribution is -2.07. The summed E-state index contributed by atoms with van der Waals surface area (Å²) in [6.07, 6.45) is 0. The molecule has 2 aromatic rings. The molecule has 0 unspecified atom stereocenters. The summed E-state index contributed by atoms with van der Waals surface area (Å²) < 4.78 is 7.07. The van der Waals surface area contributed by atoms with Crippen LogP contribution in [-0.4, -0.2) is 23.6 Å². The molecule has 112 valence electrons. The van der Waals surface area contributed by atoms with E-state index in [1.165, 1.54) is 0 Å². The molecule has 0 bridgehead atoms. The van der Waals surface area contributed by atoms with Crippen LogP contribution in [0.25, 0.3) is 0 Å². The number of rotatable bonds is 6. The second kappa shape index (κ2) is 7.72. The third kappa shape index (κ3) is 4.66. The third-order valence-electron chi connectivity index (χ3n) is 2.60. The van der Waals surface area contributed by atoms with E-state index >= 15 is 0 Å². The molecule has 1 heterocycles. The molecule has 5 nitrogen and oxygen atoms in total. The fourth-order valence-electron chi connectivity index (χ4n) is 1.76. The van der Waals surface area contributed by atoms with Crippen molar-refractivity contribution < 1.29 is 4.74 Å². The molecule has 0 radical (unpaired) electrons. The van der Waals surface area contributed by atoms with Crippen LogP contribution in [0, 0.1) is 0 Å². The van der Waals surface area contributed by atoms with Crippen LogP contribution in [0.4, 0.5) is 17.3 Å². The van der Waals surface area contributed by atoms with Gasteiger partial charge in [0.15, 0.2) is 5.82 Å². The fourth-order valence-corrected chi connectivity index (χ4v) is 2.90. The maximum Gasteiger partial charge on any atom is 0.158 e. The quantitative estimate of drug-likeness (QED) is 0.735. The lowest BCUT2D eigenvalue weighted by Gasteiger charge is -2.11. The highest BCUT2D eigenvalue weighted by Gasteiger charge is 2.07. The van der Waals surface area contributed by atoms with Gasteiger partial charge in [0, 0.05) is 28.7 Å². The number of nitrogens with zero attached hydrogens (tertiary/aromatic N) is 2. The van der Waals surface area contributed by atoms with Crippen LogP contribution in [-0.2, 0) is 11.3 Å². The Hall–Kier alpha value is -1.18. The van der Waals surface area contributed by atoms with Crippen LogP contribution in [0.1, 0.15) is 12.7 Å². The molecular weight excluding hydrogens is 400 g/mol. The van der Waals surface area contributed by atoms with Crippen LogP contribution in [0.2, 0.25) is 0 Å². The van der Waals surface area contributed by atoms with Gasteiger partial charge in [-0.25, -0.2) is 9.97 Å². The molecule has 0 fully saturated rings. The molecule has 1 aromatic heterocycles. The Morgan fingerprint density at radius 1 is 1.14 bits per heavy atom. The van der Waals surface area contributed by atoms with E-state index in [1.807, 2.05) is 31.2 Å². The molecule has 0 aliphatic carbocycles. The topological polar surface area (TPSA) is 59.1 Å². The first-order valence-electron chi connectivity index (χ1n) is 6.45. The maximum absolute atomic E-state index is 5.11. The smallest absolute Gasteiger partial charge is 0.158 e.